The van der Waals surface area contributed by atoms with Crippen molar-refractivity contribution in [1.82, 2.24) is 20.3 Å². The predicted molar refractivity (Wildman–Crippen MR) is 208 cm³/mol. The van der Waals surface area contributed by atoms with Crippen LogP contribution in [0.15, 0.2) is 9.05 Å². The first-order chi connectivity index (χ1) is 26.6. The number of ether oxygens (including phenoxy) is 4. The predicted octanol–water partition coefficient (Wildman–Crippen LogP) is 8.84. The molecule has 2 aromatic rings. The van der Waals surface area contributed by atoms with Gasteiger partial charge in [-0.3, -0.25) is 9.59 Å². The number of aliphatic hydroxyl groups excluding tert-OH is 1. The summed E-state index contributed by atoms with van der Waals surface area (Å²) in [5.74, 6) is 1.76. The van der Waals surface area contributed by atoms with Crippen LogP contribution in [0, 0.1) is 11.8 Å². The Morgan fingerprint density at radius 1 is 0.696 bits per heavy atom. The van der Waals surface area contributed by atoms with Crippen molar-refractivity contribution >= 4 is 17.9 Å². The lowest BCUT2D eigenvalue weighted by molar-refractivity contribution is -0.156. The number of aromatic nitrogens is 4. The van der Waals surface area contributed by atoms with E-state index >= 15 is 0 Å². The molecule has 2 aromatic heterocycles. The third kappa shape index (κ3) is 19.7. The highest BCUT2D eigenvalue weighted by atomic mass is 16.6. The van der Waals surface area contributed by atoms with Crippen molar-refractivity contribution in [2.45, 2.75) is 200 Å². The van der Waals surface area contributed by atoms with Gasteiger partial charge in [-0.2, -0.15) is 9.97 Å². The summed E-state index contributed by atoms with van der Waals surface area (Å²) < 4.78 is 31.8. The molecule has 1 N–H and O–H groups in total. The molecule has 2 heterocycles. The molecule has 0 radical (unpaired) electrons. The first kappa shape index (κ1) is 47.0. The summed E-state index contributed by atoms with van der Waals surface area (Å²) in [6.07, 6.45) is 19.7. The molecule has 0 saturated heterocycles. The minimum Gasteiger partial charge on any atom is -0.464 e. The van der Waals surface area contributed by atoms with E-state index < -0.39 is 17.2 Å². The molecule has 2 aliphatic rings. The lowest BCUT2D eigenvalue weighted by atomic mass is 9.84. The zero-order valence-electron chi connectivity index (χ0n) is 35.3. The fourth-order valence-electron chi connectivity index (χ4n) is 7.47. The number of esters is 3. The average molecular weight is 791 g/mol. The van der Waals surface area contributed by atoms with Crippen molar-refractivity contribution in [1.29, 1.82) is 0 Å². The van der Waals surface area contributed by atoms with Crippen LogP contribution in [0.2, 0.25) is 0 Å². The highest BCUT2D eigenvalue weighted by Gasteiger charge is 2.28. The Kier molecular flexibility index (Phi) is 20.5. The van der Waals surface area contributed by atoms with Crippen LogP contribution in [0.5, 0.6) is 0 Å². The maximum absolute atomic E-state index is 12.4. The Morgan fingerprint density at radius 3 is 1.55 bits per heavy atom. The van der Waals surface area contributed by atoms with Gasteiger partial charge in [0.1, 0.15) is 31.0 Å². The number of carbonyl (C=O) groups excluding carboxylic acids is 3. The number of rotatable bonds is 20. The summed E-state index contributed by atoms with van der Waals surface area (Å²) in [5, 5.41) is 16.8. The largest absolute Gasteiger partial charge is 0.464 e. The Morgan fingerprint density at radius 2 is 1.14 bits per heavy atom. The zero-order chi connectivity index (χ0) is 41.0. The number of hydrogen-bond acceptors (Lipinski definition) is 14. The van der Waals surface area contributed by atoms with Crippen LogP contribution in [0.25, 0.3) is 0 Å². The molecule has 0 amide bonds. The second-order valence-corrected chi connectivity index (χ2v) is 17.4. The van der Waals surface area contributed by atoms with Crippen LogP contribution in [-0.2, 0) is 46.5 Å². The van der Waals surface area contributed by atoms with Gasteiger partial charge < -0.3 is 33.1 Å². The topological polar surface area (TPSA) is 186 Å². The Balaban J connectivity index is 0.000000307. The maximum Gasteiger partial charge on any atom is 0.332 e. The summed E-state index contributed by atoms with van der Waals surface area (Å²) in [5.41, 5.74) is -1.04. The first-order valence-corrected chi connectivity index (χ1v) is 21.1. The number of aliphatic hydroxyl groups is 1. The molecular weight excluding hydrogens is 720 g/mol. The molecule has 14 nitrogen and oxygen atoms in total. The molecule has 14 heteroatoms. The highest BCUT2D eigenvalue weighted by Crippen LogP contribution is 2.33. The maximum atomic E-state index is 12.4. The van der Waals surface area contributed by atoms with Gasteiger partial charge in [-0.1, -0.05) is 100 Å². The molecule has 2 saturated carbocycles. The van der Waals surface area contributed by atoms with Crippen LogP contribution < -0.4 is 0 Å². The van der Waals surface area contributed by atoms with Crippen molar-refractivity contribution in [3.05, 3.63) is 23.4 Å². The molecule has 56 heavy (non-hydrogen) atoms. The van der Waals surface area contributed by atoms with Crippen LogP contribution in [-0.4, -0.2) is 67.7 Å². The van der Waals surface area contributed by atoms with E-state index in [0.29, 0.717) is 24.2 Å². The van der Waals surface area contributed by atoms with Crippen LogP contribution >= 0.6 is 0 Å². The van der Waals surface area contributed by atoms with E-state index in [1.54, 1.807) is 6.92 Å². The summed E-state index contributed by atoms with van der Waals surface area (Å²) in [6.45, 7) is 12.8. The van der Waals surface area contributed by atoms with E-state index in [1.165, 1.54) is 70.6 Å². The van der Waals surface area contributed by atoms with Crippen LogP contribution in [0.1, 0.15) is 199 Å². The Bertz CT molecular complexity index is 1420. The summed E-state index contributed by atoms with van der Waals surface area (Å²) >= 11 is 0. The van der Waals surface area contributed by atoms with Crippen molar-refractivity contribution in [3.63, 3.8) is 0 Å². The summed E-state index contributed by atoms with van der Waals surface area (Å²) in [4.78, 5) is 44.6. The van der Waals surface area contributed by atoms with Gasteiger partial charge >= 0.3 is 17.9 Å². The van der Waals surface area contributed by atoms with Crippen molar-refractivity contribution in [2.24, 2.45) is 11.8 Å². The lowest BCUT2D eigenvalue weighted by Crippen LogP contribution is -2.25. The van der Waals surface area contributed by atoms with Gasteiger partial charge in [0.2, 0.25) is 11.8 Å². The molecule has 2 aliphatic carbocycles. The van der Waals surface area contributed by atoms with E-state index in [2.05, 4.69) is 20.3 Å². The normalized spacial score (nSPS) is 16.7. The number of nitrogens with zero attached hydrogens (tertiary/aromatic N) is 4. The van der Waals surface area contributed by atoms with Gasteiger partial charge in [0.15, 0.2) is 11.6 Å². The number of hydrogen-bond donors (Lipinski definition) is 1. The monoisotopic (exact) mass is 791 g/mol. The third-order valence-electron chi connectivity index (χ3n) is 10.0. The molecular formula is C42H70N4O10. The fourth-order valence-corrected chi connectivity index (χ4v) is 7.47. The number of carbonyl (C=O) groups is 3. The van der Waals surface area contributed by atoms with Gasteiger partial charge in [-0.05, 0) is 73.1 Å². The van der Waals surface area contributed by atoms with E-state index in [0.717, 1.165) is 43.9 Å². The summed E-state index contributed by atoms with van der Waals surface area (Å²) in [7, 11) is 0. The lowest BCUT2D eigenvalue weighted by Gasteiger charge is -2.23. The minimum atomic E-state index is -0.537. The minimum absolute atomic E-state index is 0.0452. The van der Waals surface area contributed by atoms with Crippen molar-refractivity contribution < 1.29 is 47.5 Å². The van der Waals surface area contributed by atoms with E-state index in [4.69, 9.17) is 33.1 Å². The molecule has 0 spiro atoms. The smallest absolute Gasteiger partial charge is 0.332 e. The summed E-state index contributed by atoms with van der Waals surface area (Å²) in [6, 6.07) is 0. The van der Waals surface area contributed by atoms with Crippen LogP contribution in [0.3, 0.4) is 0 Å². The van der Waals surface area contributed by atoms with Gasteiger partial charge in [0, 0.05) is 11.8 Å². The molecule has 0 aromatic carbocycles. The van der Waals surface area contributed by atoms with Gasteiger partial charge in [0.25, 0.3) is 0 Å². The fraction of sp³-hybridized carbons (Fsp3) is 0.833. The van der Waals surface area contributed by atoms with Gasteiger partial charge in [-0.15, -0.1) is 0 Å². The van der Waals surface area contributed by atoms with Gasteiger partial charge in [-0.25, -0.2) is 4.79 Å². The quantitative estimate of drug-likeness (QED) is 0.0990. The molecule has 0 bridgehead atoms. The average Bonchev–Trinajstić information content (AvgIpc) is 3.81. The SMILES string of the molecule is CC(C)(C)OC(=O)C[C@@H](CCCC1CCCCC1)c1nc(CO)no1.CCOC(=O)COCc1noc([C@H](CCCC2CCCCC2)CC(=O)OC(C)(C)C)n1. The highest BCUT2D eigenvalue weighted by molar-refractivity contribution is 5.71. The molecule has 0 aliphatic heterocycles. The molecule has 318 valence electrons. The Labute approximate surface area is 333 Å². The van der Waals surface area contributed by atoms with Crippen LogP contribution in [0.4, 0.5) is 0 Å². The molecule has 2 atom stereocenters. The second kappa shape index (κ2) is 24.4. The molecule has 4 rings (SSSR count). The van der Waals surface area contributed by atoms with E-state index in [9.17, 15) is 14.4 Å². The molecule has 0 unspecified atom stereocenters. The third-order valence-corrected chi connectivity index (χ3v) is 10.0. The standard InChI is InChI=1S/C23H38N2O6.C19H32N2O4/c1-5-29-21(27)16-28-15-19-24-22(31-25-19)18(14-20(26)30-23(2,3)4)13-9-12-17-10-7-6-8-11-17;1-19(2,3)24-17(23)12-15(18-20-16(13-22)21-25-18)11-7-10-14-8-5-4-6-9-14/h17-18H,5-16H2,1-4H3;14-15,22H,4-13H2,1-3H3/t18-;15-/m11/s1. The van der Waals surface area contributed by atoms with Gasteiger partial charge in [0.05, 0.1) is 19.4 Å². The second-order valence-electron chi connectivity index (χ2n) is 17.4. The molecule has 2 fully saturated rings. The first-order valence-electron chi connectivity index (χ1n) is 21.1. The zero-order valence-corrected chi connectivity index (χ0v) is 35.3. The Hall–Kier alpha value is -3.39. The van der Waals surface area contributed by atoms with Crippen molar-refractivity contribution in [3.8, 4) is 0 Å². The van der Waals surface area contributed by atoms with Crippen molar-refractivity contribution in [2.75, 3.05) is 13.2 Å². The van der Waals surface area contributed by atoms with E-state index in [1.807, 2.05) is 41.5 Å². The van der Waals surface area contributed by atoms with E-state index in [-0.39, 0.29) is 62.3 Å².